The van der Waals surface area contributed by atoms with Gasteiger partial charge in [-0.2, -0.15) is 5.10 Å². The number of carbonyl (C=O) groups is 1. The molecule has 2 aliphatic heterocycles. The van der Waals surface area contributed by atoms with Crippen LogP contribution in [0.4, 0.5) is 5.69 Å². The third-order valence-corrected chi connectivity index (χ3v) is 11.2. The molecule has 4 aromatic carbocycles. The van der Waals surface area contributed by atoms with Crippen LogP contribution in [0.3, 0.4) is 0 Å². The van der Waals surface area contributed by atoms with E-state index in [0.29, 0.717) is 10.1 Å². The van der Waals surface area contributed by atoms with Gasteiger partial charge >= 0.3 is 5.97 Å². The summed E-state index contributed by atoms with van der Waals surface area (Å²) in [7, 11) is 0. The van der Waals surface area contributed by atoms with E-state index in [9.17, 15) is 4.79 Å². The lowest BCUT2D eigenvalue weighted by Gasteiger charge is -2.37. The number of hydrogen-bond acceptors (Lipinski definition) is 6. The molecule has 0 bridgehead atoms. The molecular weight excluding hydrogens is 680 g/mol. The van der Waals surface area contributed by atoms with Gasteiger partial charge in [0.05, 0.1) is 17.0 Å². The Bertz CT molecular complexity index is 1550. The second-order valence-electron chi connectivity index (χ2n) is 8.94. The first kappa shape index (κ1) is 27.0. The Kier molecular flexibility index (Phi) is 7.35. The van der Waals surface area contributed by atoms with Crippen LogP contribution >= 0.6 is 67.0 Å². The summed E-state index contributed by atoms with van der Waals surface area (Å²) in [4.78, 5) is 13.1. The lowest BCUT2D eigenvalue weighted by Crippen LogP contribution is -2.34. The fraction of sp³-hybridized carbons (Fsp3) is 0.133. The van der Waals surface area contributed by atoms with Gasteiger partial charge in [0.1, 0.15) is 0 Å². The number of thioether (sulfide) groups is 2. The molecule has 2 aliphatic rings. The standard InChI is InChI=1S/C30H21Br2ClN2O2S2/c1-2-37-28(36)27-34-35(24-7-5-6-23(33)18-24)30(38-27)26-9-4-3-8-25(26)29(39-30,19-10-14-21(31)15-11-19)20-12-16-22(32)17-13-20/h3-18H,2H2,1H3. The number of ether oxygens (including phenoxy) is 1. The zero-order chi connectivity index (χ0) is 27.2. The van der Waals surface area contributed by atoms with Gasteiger partial charge in [-0.3, -0.25) is 0 Å². The van der Waals surface area contributed by atoms with Gasteiger partial charge in [-0.05, 0) is 66.1 Å². The molecule has 0 aromatic heterocycles. The topological polar surface area (TPSA) is 41.9 Å². The molecule has 1 unspecified atom stereocenters. The van der Waals surface area contributed by atoms with E-state index in [-0.39, 0.29) is 6.61 Å². The maximum Gasteiger partial charge on any atom is 0.365 e. The molecule has 0 radical (unpaired) electrons. The van der Waals surface area contributed by atoms with E-state index >= 15 is 0 Å². The van der Waals surface area contributed by atoms with E-state index < -0.39 is 14.9 Å². The average Bonchev–Trinajstić information content (AvgIpc) is 3.47. The molecule has 4 nitrogen and oxygen atoms in total. The van der Waals surface area contributed by atoms with Crippen molar-refractivity contribution in [1.29, 1.82) is 0 Å². The first-order valence-corrected chi connectivity index (χ1v) is 15.8. The first-order valence-electron chi connectivity index (χ1n) is 12.2. The fourth-order valence-electron chi connectivity index (χ4n) is 5.04. The van der Waals surface area contributed by atoms with Crippen LogP contribution in [0.15, 0.2) is 111 Å². The van der Waals surface area contributed by atoms with Crippen LogP contribution in [0.2, 0.25) is 5.02 Å². The molecule has 6 rings (SSSR count). The Morgan fingerprint density at radius 1 is 0.897 bits per heavy atom. The highest BCUT2D eigenvalue weighted by Gasteiger charge is 2.62. The molecule has 0 amide bonds. The van der Waals surface area contributed by atoms with Gasteiger partial charge in [0.25, 0.3) is 0 Å². The predicted octanol–water partition coefficient (Wildman–Crippen LogP) is 9.14. The van der Waals surface area contributed by atoms with Crippen LogP contribution in [-0.2, 0) is 18.5 Å². The average molecular weight is 701 g/mol. The van der Waals surface area contributed by atoms with Crippen molar-refractivity contribution < 1.29 is 9.53 Å². The van der Waals surface area contributed by atoms with E-state index in [4.69, 9.17) is 21.4 Å². The number of carbonyl (C=O) groups excluding carboxylic acids is 1. The number of nitrogens with zero attached hydrogens (tertiary/aromatic N) is 2. The van der Waals surface area contributed by atoms with E-state index in [2.05, 4.69) is 98.6 Å². The van der Waals surface area contributed by atoms with Gasteiger partial charge in [0, 0.05) is 19.5 Å². The summed E-state index contributed by atoms with van der Waals surface area (Å²) >= 11 is 16.8. The summed E-state index contributed by atoms with van der Waals surface area (Å²) in [6, 6.07) is 32.9. The predicted molar refractivity (Wildman–Crippen MR) is 169 cm³/mol. The zero-order valence-corrected chi connectivity index (χ0v) is 26.2. The maximum atomic E-state index is 13.1. The van der Waals surface area contributed by atoms with Crippen molar-refractivity contribution in [2.45, 2.75) is 15.9 Å². The minimum absolute atomic E-state index is 0.272. The van der Waals surface area contributed by atoms with Gasteiger partial charge in [-0.15, -0.1) is 0 Å². The highest BCUT2D eigenvalue weighted by atomic mass is 79.9. The largest absolute Gasteiger partial charge is 0.461 e. The summed E-state index contributed by atoms with van der Waals surface area (Å²) in [5.74, 6) is -0.436. The summed E-state index contributed by atoms with van der Waals surface area (Å²) in [5, 5.41) is 7.71. The highest BCUT2D eigenvalue weighted by molar-refractivity contribution is 9.10. The fourth-order valence-corrected chi connectivity index (χ4v) is 9.31. The Morgan fingerprint density at radius 3 is 2.10 bits per heavy atom. The summed E-state index contributed by atoms with van der Waals surface area (Å²) in [6.07, 6.45) is 0. The third kappa shape index (κ3) is 4.54. The molecule has 0 N–H and O–H groups in total. The Labute approximate surface area is 257 Å². The van der Waals surface area contributed by atoms with Crippen molar-refractivity contribution in [3.63, 3.8) is 0 Å². The van der Waals surface area contributed by atoms with Crippen LogP contribution in [0.5, 0.6) is 0 Å². The molecule has 4 aromatic rings. The van der Waals surface area contributed by atoms with Crippen molar-refractivity contribution in [3.05, 3.63) is 133 Å². The summed E-state index contributed by atoms with van der Waals surface area (Å²) < 4.78 is 6.02. The number of esters is 1. The Balaban J connectivity index is 1.63. The first-order chi connectivity index (χ1) is 18.9. The smallest absolute Gasteiger partial charge is 0.365 e. The summed E-state index contributed by atoms with van der Waals surface area (Å²) in [6.45, 7) is 2.07. The number of rotatable bonds is 5. The van der Waals surface area contributed by atoms with Crippen molar-refractivity contribution in [3.8, 4) is 0 Å². The number of hydrazone groups is 1. The lowest BCUT2D eigenvalue weighted by molar-refractivity contribution is -0.134. The molecule has 39 heavy (non-hydrogen) atoms. The SMILES string of the molecule is CCOC(=O)C1=NN(c2cccc(Cl)c2)C2(S1)SC(c1ccc(Br)cc1)(c1ccc(Br)cc1)c1ccccc12. The number of anilines is 1. The lowest BCUT2D eigenvalue weighted by atomic mass is 9.82. The Hall–Kier alpha value is -2.23. The summed E-state index contributed by atoms with van der Waals surface area (Å²) in [5.41, 5.74) is 5.24. The van der Waals surface area contributed by atoms with Gasteiger partial charge in [0.15, 0.2) is 4.20 Å². The molecule has 9 heteroatoms. The molecular formula is C30H21Br2ClN2O2S2. The van der Waals surface area contributed by atoms with Crippen molar-refractivity contribution in [1.82, 2.24) is 0 Å². The number of halogens is 3. The van der Waals surface area contributed by atoms with Crippen LogP contribution in [0.1, 0.15) is 29.2 Å². The molecule has 196 valence electrons. The molecule has 0 aliphatic carbocycles. The second kappa shape index (κ2) is 10.6. The Morgan fingerprint density at radius 2 is 1.51 bits per heavy atom. The van der Waals surface area contributed by atoms with E-state index in [1.165, 1.54) is 11.8 Å². The number of fused-ring (bicyclic) bond motifs is 2. The van der Waals surface area contributed by atoms with Gasteiger partial charge in [-0.25, -0.2) is 9.80 Å². The molecule has 0 fully saturated rings. The maximum absolute atomic E-state index is 13.1. The van der Waals surface area contributed by atoms with Crippen molar-refractivity contribution >= 4 is 83.7 Å². The zero-order valence-electron chi connectivity index (χ0n) is 20.6. The van der Waals surface area contributed by atoms with Crippen LogP contribution in [-0.4, -0.2) is 17.6 Å². The minimum Gasteiger partial charge on any atom is -0.461 e. The normalized spacial score (nSPS) is 19.2. The van der Waals surface area contributed by atoms with Gasteiger partial charge in [0.2, 0.25) is 5.04 Å². The van der Waals surface area contributed by atoms with E-state index in [1.807, 2.05) is 35.3 Å². The molecule has 0 saturated carbocycles. The quantitative estimate of drug-likeness (QED) is 0.194. The minimum atomic E-state index is -0.802. The number of hydrogen-bond donors (Lipinski definition) is 0. The van der Waals surface area contributed by atoms with Crippen LogP contribution < -0.4 is 5.01 Å². The third-order valence-electron chi connectivity index (χ3n) is 6.65. The highest BCUT2D eigenvalue weighted by Crippen LogP contribution is 2.71. The monoisotopic (exact) mass is 698 g/mol. The van der Waals surface area contributed by atoms with Crippen molar-refractivity contribution in [2.75, 3.05) is 11.6 Å². The number of benzene rings is 4. The molecule has 0 saturated heterocycles. The second-order valence-corrected chi connectivity index (χ2v) is 14.1. The van der Waals surface area contributed by atoms with Crippen LogP contribution in [0.25, 0.3) is 0 Å². The van der Waals surface area contributed by atoms with Crippen molar-refractivity contribution in [2.24, 2.45) is 5.10 Å². The van der Waals surface area contributed by atoms with Crippen LogP contribution in [0, 0.1) is 0 Å². The molecule has 1 atom stereocenters. The van der Waals surface area contributed by atoms with E-state index in [0.717, 1.165) is 36.9 Å². The molecule has 2 heterocycles. The molecule has 1 spiro atoms. The van der Waals surface area contributed by atoms with E-state index in [1.54, 1.807) is 18.7 Å². The van der Waals surface area contributed by atoms with Gasteiger partial charge < -0.3 is 4.74 Å². The van der Waals surface area contributed by atoms with Gasteiger partial charge in [-0.1, -0.05) is 122 Å².